The van der Waals surface area contributed by atoms with Crippen LogP contribution in [0.25, 0.3) is 0 Å². The third-order valence-corrected chi connectivity index (χ3v) is 3.20. The molecule has 2 rings (SSSR count). The average Bonchev–Trinajstić information content (AvgIpc) is 2.73. The number of ether oxygens (including phenoxy) is 2. The Morgan fingerprint density at radius 2 is 2.23 bits per heavy atom. The van der Waals surface area contributed by atoms with Crippen LogP contribution in [-0.4, -0.2) is 31.0 Å². The van der Waals surface area contributed by atoms with E-state index in [1.807, 2.05) is 0 Å². The SMILES string of the molecule is CC1(CN)CCC(C2CCCO2)O1. The molecule has 2 aliphatic heterocycles. The van der Waals surface area contributed by atoms with Crippen LogP contribution in [-0.2, 0) is 9.47 Å². The van der Waals surface area contributed by atoms with E-state index in [4.69, 9.17) is 15.2 Å². The van der Waals surface area contributed by atoms with E-state index in [2.05, 4.69) is 6.92 Å². The van der Waals surface area contributed by atoms with Gasteiger partial charge in [0.15, 0.2) is 0 Å². The highest BCUT2D eigenvalue weighted by molar-refractivity contribution is 4.90. The van der Waals surface area contributed by atoms with Gasteiger partial charge in [0, 0.05) is 13.2 Å². The van der Waals surface area contributed by atoms with Crippen LogP contribution in [0.3, 0.4) is 0 Å². The van der Waals surface area contributed by atoms with Gasteiger partial charge in [-0.2, -0.15) is 0 Å². The van der Waals surface area contributed by atoms with Gasteiger partial charge in [-0.1, -0.05) is 0 Å². The van der Waals surface area contributed by atoms with Crippen LogP contribution >= 0.6 is 0 Å². The normalized spacial score (nSPS) is 45.7. The van der Waals surface area contributed by atoms with Crippen LogP contribution in [0.5, 0.6) is 0 Å². The Kier molecular flexibility index (Phi) is 2.58. The zero-order valence-corrected chi connectivity index (χ0v) is 8.29. The molecule has 13 heavy (non-hydrogen) atoms. The highest BCUT2D eigenvalue weighted by atomic mass is 16.6. The molecule has 0 aromatic heterocycles. The van der Waals surface area contributed by atoms with Gasteiger partial charge in [0.05, 0.1) is 17.8 Å². The van der Waals surface area contributed by atoms with Crippen molar-refractivity contribution in [3.05, 3.63) is 0 Å². The van der Waals surface area contributed by atoms with E-state index in [1.165, 1.54) is 6.42 Å². The molecule has 0 radical (unpaired) electrons. The van der Waals surface area contributed by atoms with Crippen LogP contribution in [0.4, 0.5) is 0 Å². The molecule has 0 aromatic carbocycles. The van der Waals surface area contributed by atoms with Gasteiger partial charge in [0.2, 0.25) is 0 Å². The molecule has 3 atom stereocenters. The summed E-state index contributed by atoms with van der Waals surface area (Å²) in [5, 5.41) is 0. The van der Waals surface area contributed by atoms with Crippen molar-refractivity contribution in [1.29, 1.82) is 0 Å². The molecule has 0 aromatic rings. The largest absolute Gasteiger partial charge is 0.376 e. The van der Waals surface area contributed by atoms with Crippen LogP contribution in [0.15, 0.2) is 0 Å². The molecule has 0 saturated carbocycles. The first-order valence-electron chi connectivity index (χ1n) is 5.23. The number of hydrogen-bond donors (Lipinski definition) is 1. The summed E-state index contributed by atoms with van der Waals surface area (Å²) < 4.78 is 11.5. The van der Waals surface area contributed by atoms with Crippen molar-refractivity contribution < 1.29 is 9.47 Å². The minimum Gasteiger partial charge on any atom is -0.376 e. The van der Waals surface area contributed by atoms with Crippen molar-refractivity contribution in [2.45, 2.75) is 50.4 Å². The van der Waals surface area contributed by atoms with Gasteiger partial charge in [-0.3, -0.25) is 0 Å². The summed E-state index contributed by atoms with van der Waals surface area (Å²) in [5.74, 6) is 0. The lowest BCUT2D eigenvalue weighted by atomic mass is 10.0. The Balaban J connectivity index is 1.90. The molecule has 3 unspecified atom stereocenters. The molecule has 2 fully saturated rings. The van der Waals surface area contributed by atoms with E-state index < -0.39 is 0 Å². The fourth-order valence-corrected chi connectivity index (χ4v) is 2.24. The first kappa shape index (κ1) is 9.44. The lowest BCUT2D eigenvalue weighted by Gasteiger charge is -2.25. The molecule has 0 amide bonds. The predicted octanol–water partition coefficient (Wildman–Crippen LogP) is 1.06. The topological polar surface area (TPSA) is 44.5 Å². The fraction of sp³-hybridized carbons (Fsp3) is 1.00. The molecule has 2 N–H and O–H groups in total. The zero-order chi connectivity index (χ0) is 9.31. The predicted molar refractivity (Wildman–Crippen MR) is 50.5 cm³/mol. The molecule has 76 valence electrons. The summed E-state index contributed by atoms with van der Waals surface area (Å²) in [4.78, 5) is 0. The minimum absolute atomic E-state index is 0.0867. The van der Waals surface area contributed by atoms with E-state index >= 15 is 0 Å². The average molecular weight is 185 g/mol. The smallest absolute Gasteiger partial charge is 0.0845 e. The van der Waals surface area contributed by atoms with Gasteiger partial charge in [-0.15, -0.1) is 0 Å². The Morgan fingerprint density at radius 1 is 1.38 bits per heavy atom. The number of nitrogens with two attached hydrogens (primary N) is 1. The Labute approximate surface area is 79.6 Å². The second-order valence-electron chi connectivity index (χ2n) is 4.40. The summed E-state index contributed by atoms with van der Waals surface area (Å²) in [5.41, 5.74) is 5.58. The number of rotatable bonds is 2. The molecule has 3 heteroatoms. The minimum atomic E-state index is -0.0867. The van der Waals surface area contributed by atoms with Crippen molar-refractivity contribution in [1.82, 2.24) is 0 Å². The fourth-order valence-electron chi connectivity index (χ4n) is 2.24. The van der Waals surface area contributed by atoms with E-state index in [0.29, 0.717) is 18.8 Å². The molecular weight excluding hydrogens is 166 g/mol. The Morgan fingerprint density at radius 3 is 2.77 bits per heavy atom. The summed E-state index contributed by atoms with van der Waals surface area (Å²) in [6, 6.07) is 0. The van der Waals surface area contributed by atoms with Crippen molar-refractivity contribution >= 4 is 0 Å². The summed E-state index contributed by atoms with van der Waals surface area (Å²) in [6.45, 7) is 3.63. The van der Waals surface area contributed by atoms with Crippen LogP contribution in [0.1, 0.15) is 32.6 Å². The highest BCUT2D eigenvalue weighted by Gasteiger charge is 2.39. The van der Waals surface area contributed by atoms with Crippen molar-refractivity contribution in [2.75, 3.05) is 13.2 Å². The summed E-state index contributed by atoms with van der Waals surface area (Å²) in [7, 11) is 0. The maximum absolute atomic E-state index is 5.93. The maximum atomic E-state index is 5.93. The quantitative estimate of drug-likeness (QED) is 0.699. The molecule has 0 bridgehead atoms. The van der Waals surface area contributed by atoms with Crippen molar-refractivity contribution in [3.8, 4) is 0 Å². The van der Waals surface area contributed by atoms with Gasteiger partial charge < -0.3 is 15.2 Å². The van der Waals surface area contributed by atoms with Crippen LogP contribution < -0.4 is 5.73 Å². The standard InChI is InChI=1S/C10H19NO2/c1-10(7-11)5-4-9(13-10)8-3-2-6-12-8/h8-9H,2-7,11H2,1H3. The van der Waals surface area contributed by atoms with E-state index in [9.17, 15) is 0 Å². The van der Waals surface area contributed by atoms with E-state index in [-0.39, 0.29) is 5.60 Å². The number of hydrogen-bond acceptors (Lipinski definition) is 3. The molecule has 2 heterocycles. The van der Waals surface area contributed by atoms with Gasteiger partial charge in [0.1, 0.15) is 0 Å². The maximum Gasteiger partial charge on any atom is 0.0845 e. The Bertz CT molecular complexity index is 180. The molecule has 0 aliphatic carbocycles. The third-order valence-electron chi connectivity index (χ3n) is 3.20. The van der Waals surface area contributed by atoms with Gasteiger partial charge in [-0.25, -0.2) is 0 Å². The zero-order valence-electron chi connectivity index (χ0n) is 8.29. The molecule has 2 saturated heterocycles. The van der Waals surface area contributed by atoms with Crippen LogP contribution in [0, 0.1) is 0 Å². The molecular formula is C10H19NO2. The summed E-state index contributed by atoms with van der Waals surface area (Å²) in [6.07, 6.45) is 5.17. The van der Waals surface area contributed by atoms with Crippen molar-refractivity contribution in [2.24, 2.45) is 5.73 Å². The molecule has 0 spiro atoms. The van der Waals surface area contributed by atoms with E-state index in [1.54, 1.807) is 0 Å². The third kappa shape index (κ3) is 1.87. The Hall–Kier alpha value is -0.120. The summed E-state index contributed by atoms with van der Waals surface area (Å²) >= 11 is 0. The van der Waals surface area contributed by atoms with E-state index in [0.717, 1.165) is 25.9 Å². The second kappa shape index (κ2) is 3.56. The van der Waals surface area contributed by atoms with Gasteiger partial charge >= 0.3 is 0 Å². The van der Waals surface area contributed by atoms with Crippen molar-refractivity contribution in [3.63, 3.8) is 0 Å². The van der Waals surface area contributed by atoms with Gasteiger partial charge in [0.25, 0.3) is 0 Å². The first-order valence-corrected chi connectivity index (χ1v) is 5.23. The monoisotopic (exact) mass is 185 g/mol. The molecule has 2 aliphatic rings. The second-order valence-corrected chi connectivity index (χ2v) is 4.40. The first-order chi connectivity index (χ1) is 6.23. The van der Waals surface area contributed by atoms with Crippen LogP contribution in [0.2, 0.25) is 0 Å². The van der Waals surface area contributed by atoms with Gasteiger partial charge in [-0.05, 0) is 32.6 Å². The lowest BCUT2D eigenvalue weighted by Crippen LogP contribution is -2.36. The lowest BCUT2D eigenvalue weighted by molar-refractivity contribution is -0.0807. The highest BCUT2D eigenvalue weighted by Crippen LogP contribution is 2.34. The molecule has 3 nitrogen and oxygen atoms in total.